The summed E-state index contributed by atoms with van der Waals surface area (Å²) < 4.78 is 0. The lowest BCUT2D eigenvalue weighted by atomic mass is 10.1. The number of nitrogens with zero attached hydrogens (tertiary/aromatic N) is 2. The lowest BCUT2D eigenvalue weighted by Crippen LogP contribution is -2.37. The van der Waals surface area contributed by atoms with Crippen molar-refractivity contribution >= 4 is 5.91 Å². The van der Waals surface area contributed by atoms with Crippen molar-refractivity contribution in [1.82, 2.24) is 20.4 Å². The van der Waals surface area contributed by atoms with E-state index >= 15 is 0 Å². The van der Waals surface area contributed by atoms with Gasteiger partial charge in [-0.3, -0.25) is 14.8 Å². The van der Waals surface area contributed by atoms with Crippen molar-refractivity contribution in [3.63, 3.8) is 0 Å². The number of rotatable bonds is 7. The summed E-state index contributed by atoms with van der Waals surface area (Å²) >= 11 is 0. The van der Waals surface area contributed by atoms with E-state index in [1.807, 2.05) is 48.3 Å². The topological polar surface area (TPSA) is 61.0 Å². The molecule has 0 saturated carbocycles. The van der Waals surface area contributed by atoms with Gasteiger partial charge in [-0.1, -0.05) is 44.2 Å². The molecular weight excluding hydrogens is 288 g/mol. The molecule has 5 heteroatoms. The first-order valence-corrected chi connectivity index (χ1v) is 8.05. The zero-order valence-corrected chi connectivity index (χ0v) is 14.3. The van der Waals surface area contributed by atoms with Gasteiger partial charge in [-0.2, -0.15) is 5.10 Å². The number of amides is 1. The average molecular weight is 314 g/mol. The van der Waals surface area contributed by atoms with Crippen LogP contribution in [0.25, 0.3) is 11.3 Å². The Morgan fingerprint density at radius 3 is 2.61 bits per heavy atom. The highest BCUT2D eigenvalue weighted by molar-refractivity contribution is 5.78. The van der Waals surface area contributed by atoms with Crippen molar-refractivity contribution in [2.24, 2.45) is 5.92 Å². The number of aromatic amines is 1. The van der Waals surface area contributed by atoms with Gasteiger partial charge in [0.05, 0.1) is 17.9 Å². The summed E-state index contributed by atoms with van der Waals surface area (Å²) in [5.74, 6) is 0.513. The summed E-state index contributed by atoms with van der Waals surface area (Å²) in [6.07, 6.45) is 0. The molecular formula is C18H26N4O. The van der Waals surface area contributed by atoms with Crippen LogP contribution in [-0.2, 0) is 4.79 Å². The molecule has 0 fully saturated rings. The third-order valence-corrected chi connectivity index (χ3v) is 3.88. The highest BCUT2D eigenvalue weighted by atomic mass is 16.2. The second-order valence-electron chi connectivity index (χ2n) is 6.36. The number of nitrogens with one attached hydrogen (secondary N) is 2. The van der Waals surface area contributed by atoms with Crippen molar-refractivity contribution in [1.29, 1.82) is 0 Å². The minimum absolute atomic E-state index is 0.0517. The van der Waals surface area contributed by atoms with Gasteiger partial charge in [0.2, 0.25) is 5.91 Å². The van der Waals surface area contributed by atoms with Crippen LogP contribution in [0.15, 0.2) is 36.4 Å². The van der Waals surface area contributed by atoms with Crippen LogP contribution in [0.4, 0.5) is 0 Å². The number of aromatic nitrogens is 2. The highest BCUT2D eigenvalue weighted by Crippen LogP contribution is 2.22. The van der Waals surface area contributed by atoms with Gasteiger partial charge in [-0.05, 0) is 26.0 Å². The first-order chi connectivity index (χ1) is 11.0. The molecule has 0 aliphatic carbocycles. The summed E-state index contributed by atoms with van der Waals surface area (Å²) in [5.41, 5.74) is 3.01. The van der Waals surface area contributed by atoms with Gasteiger partial charge in [0.25, 0.3) is 0 Å². The monoisotopic (exact) mass is 314 g/mol. The summed E-state index contributed by atoms with van der Waals surface area (Å²) in [4.78, 5) is 14.0. The van der Waals surface area contributed by atoms with Gasteiger partial charge >= 0.3 is 0 Å². The van der Waals surface area contributed by atoms with Crippen LogP contribution >= 0.6 is 0 Å². The van der Waals surface area contributed by atoms with Crippen molar-refractivity contribution in [3.05, 3.63) is 42.1 Å². The van der Waals surface area contributed by atoms with Crippen molar-refractivity contribution in [2.75, 3.05) is 20.1 Å². The molecule has 0 saturated heterocycles. The van der Waals surface area contributed by atoms with Crippen molar-refractivity contribution in [2.45, 2.75) is 26.8 Å². The fraction of sp³-hybridized carbons (Fsp3) is 0.444. The molecule has 2 aromatic rings. The van der Waals surface area contributed by atoms with Gasteiger partial charge in [0.15, 0.2) is 0 Å². The maximum absolute atomic E-state index is 11.9. The normalized spacial score (nSPS) is 12.6. The summed E-state index contributed by atoms with van der Waals surface area (Å²) in [6, 6.07) is 12.2. The van der Waals surface area contributed by atoms with Gasteiger partial charge < -0.3 is 5.32 Å². The van der Waals surface area contributed by atoms with Crippen LogP contribution in [0.5, 0.6) is 0 Å². The number of hydrogen-bond donors (Lipinski definition) is 2. The number of hydrogen-bond acceptors (Lipinski definition) is 3. The molecule has 1 heterocycles. The van der Waals surface area contributed by atoms with Crippen LogP contribution in [0.1, 0.15) is 32.5 Å². The lowest BCUT2D eigenvalue weighted by Gasteiger charge is -2.23. The number of carbonyl (C=O) groups is 1. The Balaban J connectivity index is 1.96. The van der Waals surface area contributed by atoms with Crippen molar-refractivity contribution in [3.8, 4) is 11.3 Å². The number of carbonyl (C=O) groups excluding carboxylic acids is 1. The Hall–Kier alpha value is -2.14. The summed E-state index contributed by atoms with van der Waals surface area (Å²) in [6.45, 7) is 7.32. The molecule has 0 spiro atoms. The fourth-order valence-corrected chi connectivity index (χ4v) is 2.28. The highest BCUT2D eigenvalue weighted by Gasteiger charge is 2.17. The third kappa shape index (κ3) is 4.93. The van der Waals surface area contributed by atoms with E-state index < -0.39 is 0 Å². The predicted octanol–water partition coefficient (Wildman–Crippen LogP) is 2.84. The average Bonchev–Trinajstić information content (AvgIpc) is 3.03. The first kappa shape index (κ1) is 17.2. The molecule has 124 valence electrons. The molecule has 0 bridgehead atoms. The maximum atomic E-state index is 11.9. The standard InChI is InChI=1S/C18H26N4O/c1-13(2)11-19-18(23)12-22(4)14(3)16-10-17(21-20-16)15-8-6-5-7-9-15/h5-10,13-14H,11-12H2,1-4H3,(H,19,23)(H,20,21)/t14-/m1/s1. The number of likely N-dealkylation sites (N-methyl/N-ethyl adjacent to an activating group) is 1. The molecule has 0 aliphatic rings. The second kappa shape index (κ2) is 7.92. The molecule has 1 aromatic carbocycles. The van der Waals surface area contributed by atoms with E-state index in [1.165, 1.54) is 0 Å². The zero-order valence-electron chi connectivity index (χ0n) is 14.3. The Morgan fingerprint density at radius 1 is 1.26 bits per heavy atom. The first-order valence-electron chi connectivity index (χ1n) is 8.05. The Morgan fingerprint density at radius 2 is 1.96 bits per heavy atom. The van der Waals surface area contributed by atoms with Crippen LogP contribution in [0, 0.1) is 5.92 Å². The van der Waals surface area contributed by atoms with Crippen LogP contribution in [0.2, 0.25) is 0 Å². The van der Waals surface area contributed by atoms with E-state index in [-0.39, 0.29) is 11.9 Å². The van der Waals surface area contributed by atoms with Crippen LogP contribution < -0.4 is 5.32 Å². The van der Waals surface area contributed by atoms with E-state index in [0.717, 1.165) is 17.0 Å². The van der Waals surface area contributed by atoms with Crippen LogP contribution in [0.3, 0.4) is 0 Å². The van der Waals surface area contributed by atoms with Gasteiger partial charge in [0, 0.05) is 18.2 Å². The molecule has 0 radical (unpaired) electrons. The molecule has 2 rings (SSSR count). The lowest BCUT2D eigenvalue weighted by molar-refractivity contribution is -0.122. The molecule has 1 aromatic heterocycles. The number of H-pyrrole nitrogens is 1. The SMILES string of the molecule is CC(C)CNC(=O)CN(C)[C@H](C)c1cc(-c2ccccc2)n[nH]1. The van der Waals surface area contributed by atoms with Crippen molar-refractivity contribution < 1.29 is 4.79 Å². The van der Waals surface area contributed by atoms with E-state index in [1.54, 1.807) is 0 Å². The molecule has 5 nitrogen and oxygen atoms in total. The quantitative estimate of drug-likeness (QED) is 0.826. The van der Waals surface area contributed by atoms with Gasteiger partial charge in [0.1, 0.15) is 0 Å². The molecule has 1 amide bonds. The smallest absolute Gasteiger partial charge is 0.234 e. The Kier molecular flexibility index (Phi) is 5.93. The summed E-state index contributed by atoms with van der Waals surface area (Å²) in [5, 5.41) is 10.4. The van der Waals surface area contributed by atoms with Crippen LogP contribution in [-0.4, -0.2) is 41.1 Å². The maximum Gasteiger partial charge on any atom is 0.234 e. The molecule has 0 unspecified atom stereocenters. The molecule has 23 heavy (non-hydrogen) atoms. The third-order valence-electron chi connectivity index (χ3n) is 3.88. The largest absolute Gasteiger partial charge is 0.355 e. The minimum Gasteiger partial charge on any atom is -0.355 e. The minimum atomic E-state index is 0.0517. The molecule has 1 atom stereocenters. The molecule has 0 aliphatic heterocycles. The van der Waals surface area contributed by atoms with E-state index in [0.29, 0.717) is 19.0 Å². The van der Waals surface area contributed by atoms with E-state index in [2.05, 4.69) is 36.3 Å². The predicted molar refractivity (Wildman–Crippen MR) is 92.9 cm³/mol. The van der Waals surface area contributed by atoms with E-state index in [4.69, 9.17) is 0 Å². The summed E-state index contributed by atoms with van der Waals surface area (Å²) in [7, 11) is 1.95. The zero-order chi connectivity index (χ0) is 16.8. The van der Waals surface area contributed by atoms with Gasteiger partial charge in [-0.25, -0.2) is 0 Å². The number of benzene rings is 1. The van der Waals surface area contributed by atoms with E-state index in [9.17, 15) is 4.79 Å². The second-order valence-corrected chi connectivity index (χ2v) is 6.36. The van der Waals surface area contributed by atoms with Gasteiger partial charge in [-0.15, -0.1) is 0 Å². The molecule has 2 N–H and O–H groups in total. The Labute approximate surface area is 138 Å². The Bertz CT molecular complexity index is 621. The fourth-order valence-electron chi connectivity index (χ4n) is 2.28.